The predicted molar refractivity (Wildman–Crippen MR) is 94.4 cm³/mol. The fourth-order valence-electron chi connectivity index (χ4n) is 2.12. The molecule has 2 rings (SSSR count). The molecule has 1 N–H and O–H groups in total. The normalized spacial score (nSPS) is 9.59. The lowest BCUT2D eigenvalue weighted by molar-refractivity contribution is -0.386. The van der Waals surface area contributed by atoms with Gasteiger partial charge in [0.2, 0.25) is 11.5 Å². The molecule has 2 aromatic rings. The number of phenolic OH excluding ortho intramolecular Hbond substituents is 1. The van der Waals surface area contributed by atoms with E-state index in [-0.39, 0.29) is 28.3 Å². The standard InChI is InChI=1S/C9H9NO4.C8H7NO4/c1-6(11)7-4-3-5-8(10(12)13)9(7)14-2;1-5(10)6-3-2-4-7(8(6)11)9(12)13/h3-5H,1-2H3;2-4,11H,1H3. The minimum atomic E-state index is -0.734. The summed E-state index contributed by atoms with van der Waals surface area (Å²) < 4.78 is 4.84. The summed E-state index contributed by atoms with van der Waals surface area (Å²) in [5, 5.41) is 30.2. The van der Waals surface area contributed by atoms with Gasteiger partial charge in [-0.2, -0.15) is 0 Å². The molecule has 0 saturated carbocycles. The monoisotopic (exact) mass is 376 g/mol. The van der Waals surface area contributed by atoms with E-state index in [1.165, 1.54) is 51.3 Å². The van der Waals surface area contributed by atoms with Gasteiger partial charge in [-0.3, -0.25) is 29.8 Å². The second-order valence-electron chi connectivity index (χ2n) is 5.16. The smallest absolute Gasteiger partial charge is 0.311 e. The van der Waals surface area contributed by atoms with Crippen LogP contribution < -0.4 is 4.74 Å². The van der Waals surface area contributed by atoms with E-state index in [9.17, 15) is 34.9 Å². The van der Waals surface area contributed by atoms with Crippen LogP contribution in [-0.4, -0.2) is 33.6 Å². The Morgan fingerprint density at radius 2 is 1.33 bits per heavy atom. The zero-order valence-electron chi connectivity index (χ0n) is 14.7. The lowest BCUT2D eigenvalue weighted by atomic mass is 10.1. The summed E-state index contributed by atoms with van der Waals surface area (Å²) in [7, 11) is 1.30. The van der Waals surface area contributed by atoms with Gasteiger partial charge < -0.3 is 9.84 Å². The maximum Gasteiger partial charge on any atom is 0.311 e. The molecular formula is C17H16N2O8. The van der Waals surface area contributed by atoms with E-state index in [0.717, 1.165) is 6.07 Å². The number of benzene rings is 2. The molecule has 0 heterocycles. The molecule has 0 aliphatic rings. The number of methoxy groups -OCH3 is 1. The molecule has 0 aliphatic carbocycles. The van der Waals surface area contributed by atoms with Gasteiger partial charge in [0.05, 0.1) is 28.1 Å². The Balaban J connectivity index is 0.000000271. The molecule has 27 heavy (non-hydrogen) atoms. The highest BCUT2D eigenvalue weighted by atomic mass is 16.6. The number of ketones is 2. The molecule has 0 fully saturated rings. The number of ether oxygens (including phenoxy) is 1. The van der Waals surface area contributed by atoms with Crippen molar-refractivity contribution in [2.24, 2.45) is 0 Å². The zero-order valence-corrected chi connectivity index (χ0v) is 14.7. The van der Waals surface area contributed by atoms with Crippen LogP contribution in [0, 0.1) is 20.2 Å². The van der Waals surface area contributed by atoms with E-state index >= 15 is 0 Å². The molecule has 0 aliphatic heterocycles. The molecule has 0 spiro atoms. The number of nitro benzene ring substituents is 2. The predicted octanol–water partition coefficient (Wildman–Crippen LogP) is 3.31. The van der Waals surface area contributed by atoms with Crippen molar-refractivity contribution in [3.05, 3.63) is 67.8 Å². The van der Waals surface area contributed by atoms with Crippen LogP contribution in [0.25, 0.3) is 0 Å². The van der Waals surface area contributed by atoms with Crippen LogP contribution in [0.3, 0.4) is 0 Å². The first-order chi connectivity index (χ1) is 12.6. The minimum Gasteiger partial charge on any atom is -0.502 e. The second-order valence-corrected chi connectivity index (χ2v) is 5.16. The summed E-state index contributed by atoms with van der Waals surface area (Å²) in [4.78, 5) is 41.5. The highest BCUT2D eigenvalue weighted by molar-refractivity contribution is 5.98. The van der Waals surface area contributed by atoms with Crippen molar-refractivity contribution in [1.29, 1.82) is 0 Å². The fraction of sp³-hybridized carbons (Fsp3) is 0.176. The van der Waals surface area contributed by atoms with Crippen molar-refractivity contribution in [2.75, 3.05) is 7.11 Å². The van der Waals surface area contributed by atoms with Crippen molar-refractivity contribution in [3.63, 3.8) is 0 Å². The third kappa shape index (κ3) is 5.08. The number of rotatable bonds is 5. The van der Waals surface area contributed by atoms with Crippen LogP contribution in [0.1, 0.15) is 34.6 Å². The second kappa shape index (κ2) is 9.04. The van der Waals surface area contributed by atoms with E-state index in [1.54, 1.807) is 0 Å². The Hall–Kier alpha value is -3.82. The number of para-hydroxylation sites is 2. The van der Waals surface area contributed by atoms with E-state index in [1.807, 2.05) is 0 Å². The molecule has 2 aromatic carbocycles. The Morgan fingerprint density at radius 1 is 0.889 bits per heavy atom. The van der Waals surface area contributed by atoms with E-state index in [0.29, 0.717) is 0 Å². The van der Waals surface area contributed by atoms with Gasteiger partial charge in [0, 0.05) is 12.1 Å². The summed E-state index contributed by atoms with van der Waals surface area (Å²) in [6, 6.07) is 8.08. The zero-order chi connectivity index (χ0) is 20.7. The Kier molecular flexibility index (Phi) is 7.10. The van der Waals surface area contributed by atoms with E-state index in [2.05, 4.69) is 0 Å². The molecular weight excluding hydrogens is 360 g/mol. The van der Waals surface area contributed by atoms with Crippen LogP contribution >= 0.6 is 0 Å². The van der Waals surface area contributed by atoms with Gasteiger partial charge in [-0.1, -0.05) is 12.1 Å². The third-order valence-electron chi connectivity index (χ3n) is 3.37. The quantitative estimate of drug-likeness (QED) is 0.474. The first-order valence-corrected chi connectivity index (χ1v) is 7.41. The Morgan fingerprint density at radius 3 is 1.74 bits per heavy atom. The first kappa shape index (κ1) is 21.2. The number of nitro groups is 2. The molecule has 0 amide bonds. The number of hydrogen-bond acceptors (Lipinski definition) is 8. The van der Waals surface area contributed by atoms with Crippen LogP contribution in [0.2, 0.25) is 0 Å². The Labute approximate surface area is 153 Å². The van der Waals surface area contributed by atoms with E-state index < -0.39 is 27.1 Å². The fourth-order valence-corrected chi connectivity index (χ4v) is 2.12. The molecule has 10 heteroatoms. The summed E-state index contributed by atoms with van der Waals surface area (Å²) in [5.74, 6) is -1.21. The molecule has 0 bridgehead atoms. The maximum absolute atomic E-state index is 11.1. The van der Waals surface area contributed by atoms with Crippen molar-refractivity contribution < 1.29 is 29.3 Å². The molecule has 0 atom stereocenters. The molecule has 0 saturated heterocycles. The summed E-state index contributed by atoms with van der Waals surface area (Å²) in [6.07, 6.45) is 0. The van der Waals surface area contributed by atoms with Gasteiger partial charge in [0.25, 0.3) is 0 Å². The number of phenols is 1. The molecule has 142 valence electrons. The van der Waals surface area contributed by atoms with Crippen LogP contribution in [0.4, 0.5) is 11.4 Å². The minimum absolute atomic E-state index is 0.0185. The maximum atomic E-state index is 11.1. The van der Waals surface area contributed by atoms with Gasteiger partial charge in [0.1, 0.15) is 0 Å². The number of nitrogens with zero attached hydrogens (tertiary/aromatic N) is 2. The number of aromatic hydroxyl groups is 1. The molecule has 0 aromatic heterocycles. The van der Waals surface area contributed by atoms with Gasteiger partial charge in [-0.05, 0) is 26.0 Å². The topological polar surface area (TPSA) is 150 Å². The Bertz CT molecular complexity index is 843. The third-order valence-corrected chi connectivity index (χ3v) is 3.37. The van der Waals surface area contributed by atoms with Crippen LogP contribution in [0.15, 0.2) is 36.4 Å². The lowest BCUT2D eigenvalue weighted by Gasteiger charge is -2.05. The molecule has 10 nitrogen and oxygen atoms in total. The van der Waals surface area contributed by atoms with Crippen molar-refractivity contribution in [2.45, 2.75) is 13.8 Å². The number of hydrogen-bond donors (Lipinski definition) is 1. The highest BCUT2D eigenvalue weighted by Gasteiger charge is 2.20. The van der Waals surface area contributed by atoms with Crippen molar-refractivity contribution in [1.82, 2.24) is 0 Å². The first-order valence-electron chi connectivity index (χ1n) is 7.41. The largest absolute Gasteiger partial charge is 0.502 e. The summed E-state index contributed by atoms with van der Waals surface area (Å²) >= 11 is 0. The van der Waals surface area contributed by atoms with Gasteiger partial charge in [-0.25, -0.2) is 0 Å². The van der Waals surface area contributed by atoms with Crippen LogP contribution in [0.5, 0.6) is 11.5 Å². The van der Waals surface area contributed by atoms with Crippen molar-refractivity contribution >= 4 is 22.9 Å². The van der Waals surface area contributed by atoms with Crippen LogP contribution in [-0.2, 0) is 0 Å². The number of Topliss-reactive ketones (excluding diaryl/α,β-unsaturated/α-hetero) is 2. The van der Waals surface area contributed by atoms with Gasteiger partial charge >= 0.3 is 11.4 Å². The van der Waals surface area contributed by atoms with Gasteiger partial charge in [-0.15, -0.1) is 0 Å². The highest BCUT2D eigenvalue weighted by Crippen LogP contribution is 2.30. The van der Waals surface area contributed by atoms with E-state index in [4.69, 9.17) is 4.74 Å². The number of carbonyl (C=O) groups is 2. The lowest BCUT2D eigenvalue weighted by Crippen LogP contribution is -2.01. The SMILES string of the molecule is CC(=O)c1cccc([N+](=O)[O-])c1O.COc1c(C(C)=O)cccc1[N+](=O)[O-]. The molecule has 0 unspecified atom stereocenters. The average molecular weight is 376 g/mol. The summed E-state index contributed by atoms with van der Waals surface area (Å²) in [5.41, 5.74) is -0.455. The summed E-state index contributed by atoms with van der Waals surface area (Å²) in [6.45, 7) is 2.57. The van der Waals surface area contributed by atoms with Crippen molar-refractivity contribution in [3.8, 4) is 11.5 Å². The van der Waals surface area contributed by atoms with Gasteiger partial charge in [0.15, 0.2) is 11.6 Å². The average Bonchev–Trinajstić information content (AvgIpc) is 2.60. The molecule has 0 radical (unpaired) electrons. The number of carbonyl (C=O) groups excluding carboxylic acids is 2.